The summed E-state index contributed by atoms with van der Waals surface area (Å²) in [5, 5.41) is 3.22. The van der Waals surface area contributed by atoms with Crippen molar-refractivity contribution in [3.8, 4) is 5.75 Å². The molecule has 0 saturated carbocycles. The fourth-order valence-corrected chi connectivity index (χ4v) is 4.14. The minimum absolute atomic E-state index is 0. The van der Waals surface area contributed by atoms with Gasteiger partial charge in [0.1, 0.15) is 5.75 Å². The summed E-state index contributed by atoms with van der Waals surface area (Å²) in [7, 11) is 1.62. The molecule has 6 nitrogen and oxygen atoms in total. The second-order valence-electron chi connectivity index (χ2n) is 8.49. The van der Waals surface area contributed by atoms with Gasteiger partial charge in [-0.05, 0) is 69.0 Å². The van der Waals surface area contributed by atoms with Crippen LogP contribution in [0.5, 0.6) is 5.75 Å². The highest BCUT2D eigenvalue weighted by Gasteiger charge is 2.30. The van der Waals surface area contributed by atoms with Crippen molar-refractivity contribution in [2.45, 2.75) is 51.8 Å². The highest BCUT2D eigenvalue weighted by Crippen LogP contribution is 2.30. The molecule has 1 fully saturated rings. The van der Waals surface area contributed by atoms with Gasteiger partial charge in [-0.25, -0.2) is 0 Å². The van der Waals surface area contributed by atoms with Crippen LogP contribution in [0.25, 0.3) is 0 Å². The van der Waals surface area contributed by atoms with Gasteiger partial charge in [0.05, 0.1) is 24.4 Å². The number of pyridine rings is 1. The predicted octanol–water partition coefficient (Wildman–Crippen LogP) is 4.40. The molecular formula is C25H36ClN3O3. The lowest BCUT2D eigenvalue weighted by molar-refractivity contribution is -0.123. The molecule has 0 spiro atoms. The van der Waals surface area contributed by atoms with Crippen molar-refractivity contribution < 1.29 is 14.3 Å². The van der Waals surface area contributed by atoms with Crippen LogP contribution in [-0.4, -0.2) is 48.7 Å². The van der Waals surface area contributed by atoms with Crippen LogP contribution >= 0.6 is 12.4 Å². The first-order valence-electron chi connectivity index (χ1n) is 11.2. The Labute approximate surface area is 198 Å². The lowest BCUT2D eigenvalue weighted by Gasteiger charge is -2.37. The summed E-state index contributed by atoms with van der Waals surface area (Å²) in [6.07, 6.45) is 4.52. The number of nitrogens with zero attached hydrogens (tertiary/aromatic N) is 2. The zero-order valence-corrected chi connectivity index (χ0v) is 20.1. The highest BCUT2D eigenvalue weighted by molar-refractivity contribution is 5.85. The van der Waals surface area contributed by atoms with Crippen LogP contribution in [0.4, 0.5) is 0 Å². The molecule has 7 heteroatoms. The van der Waals surface area contributed by atoms with Gasteiger partial charge in [0, 0.05) is 32.8 Å². The van der Waals surface area contributed by atoms with Gasteiger partial charge in [-0.3, -0.25) is 14.7 Å². The van der Waals surface area contributed by atoms with Gasteiger partial charge in [-0.2, -0.15) is 0 Å². The number of methoxy groups -OCH3 is 1. The van der Waals surface area contributed by atoms with Crippen LogP contribution in [0.2, 0.25) is 0 Å². The van der Waals surface area contributed by atoms with Crippen LogP contribution in [0, 0.1) is 5.92 Å². The predicted molar refractivity (Wildman–Crippen MR) is 129 cm³/mol. The van der Waals surface area contributed by atoms with Crippen molar-refractivity contribution in [2.24, 2.45) is 5.92 Å². The van der Waals surface area contributed by atoms with Crippen LogP contribution in [-0.2, 0) is 16.1 Å². The summed E-state index contributed by atoms with van der Waals surface area (Å²) in [5.74, 6) is 1.23. The molecule has 0 aliphatic carbocycles. The van der Waals surface area contributed by atoms with E-state index >= 15 is 0 Å². The van der Waals surface area contributed by atoms with Crippen LogP contribution in [0.15, 0.2) is 48.7 Å². The molecule has 0 radical (unpaired) electrons. The number of ether oxygens (including phenoxy) is 2. The van der Waals surface area contributed by atoms with Gasteiger partial charge < -0.3 is 14.8 Å². The maximum absolute atomic E-state index is 12.5. The Kier molecular flexibility index (Phi) is 10.9. The van der Waals surface area contributed by atoms with Crippen LogP contribution in [0.3, 0.4) is 0 Å². The van der Waals surface area contributed by atoms with Crippen LogP contribution in [0.1, 0.15) is 50.4 Å². The smallest absolute Gasteiger partial charge is 0.222 e. The number of hydrogen-bond donors (Lipinski definition) is 1. The standard InChI is InChI=1S/C25H35N3O3.ClH/c1-19(2)31-22-11-9-20(10-12-22)17-28-15-6-7-21(18-28)25(23-8-4-5-14-26-23)27-24(29)13-16-30-3;/h4-5,8-12,14,19,21,25H,6-7,13,15-18H2,1-3H3,(H,27,29);1H. The van der Waals surface area contributed by atoms with E-state index in [2.05, 4.69) is 27.3 Å². The molecule has 1 amide bonds. The number of carbonyl (C=O) groups excluding carboxylic acids is 1. The summed E-state index contributed by atoms with van der Waals surface area (Å²) >= 11 is 0. The van der Waals surface area contributed by atoms with E-state index in [1.807, 2.05) is 44.2 Å². The van der Waals surface area contributed by atoms with Gasteiger partial charge in [0.15, 0.2) is 0 Å². The van der Waals surface area contributed by atoms with E-state index in [9.17, 15) is 4.79 Å². The first kappa shape index (κ1) is 26.1. The normalized spacial score (nSPS) is 17.4. The van der Waals surface area contributed by atoms with Gasteiger partial charge in [-0.15, -0.1) is 12.4 Å². The number of piperidine rings is 1. The Bertz CT molecular complexity index is 802. The molecular weight excluding hydrogens is 426 g/mol. The molecule has 2 aromatic rings. The topological polar surface area (TPSA) is 63.7 Å². The SMILES string of the molecule is COCCC(=O)NC(c1ccccn1)C1CCCN(Cc2ccc(OC(C)C)cc2)C1.Cl. The number of nitrogens with one attached hydrogen (secondary N) is 1. The second-order valence-corrected chi connectivity index (χ2v) is 8.49. The summed E-state index contributed by atoms with van der Waals surface area (Å²) in [4.78, 5) is 19.5. The van der Waals surface area contributed by atoms with E-state index in [1.165, 1.54) is 5.56 Å². The minimum atomic E-state index is -0.0878. The molecule has 2 unspecified atom stereocenters. The summed E-state index contributed by atoms with van der Waals surface area (Å²) < 4.78 is 10.8. The molecule has 176 valence electrons. The first-order chi connectivity index (χ1) is 15.0. The quantitative estimate of drug-likeness (QED) is 0.568. The summed E-state index contributed by atoms with van der Waals surface area (Å²) in [5.41, 5.74) is 2.20. The zero-order valence-electron chi connectivity index (χ0n) is 19.3. The fraction of sp³-hybridized carbons (Fsp3) is 0.520. The first-order valence-corrected chi connectivity index (χ1v) is 11.2. The molecule has 1 aliphatic rings. The minimum Gasteiger partial charge on any atom is -0.491 e. The number of carbonyl (C=O) groups is 1. The molecule has 0 bridgehead atoms. The molecule has 32 heavy (non-hydrogen) atoms. The molecule has 1 N–H and O–H groups in total. The highest BCUT2D eigenvalue weighted by atomic mass is 35.5. The number of amides is 1. The Balaban J connectivity index is 0.00000363. The van der Waals surface area contributed by atoms with Gasteiger partial charge >= 0.3 is 0 Å². The number of rotatable bonds is 10. The van der Waals surface area contributed by atoms with E-state index < -0.39 is 0 Å². The number of halogens is 1. The van der Waals surface area contributed by atoms with Crippen LogP contribution < -0.4 is 10.1 Å². The Morgan fingerprint density at radius 3 is 2.66 bits per heavy atom. The molecule has 1 aliphatic heterocycles. The van der Waals surface area contributed by atoms with E-state index in [4.69, 9.17) is 9.47 Å². The fourth-order valence-electron chi connectivity index (χ4n) is 4.14. The zero-order chi connectivity index (χ0) is 22.1. The van der Waals surface area contributed by atoms with E-state index in [-0.39, 0.29) is 30.5 Å². The summed E-state index contributed by atoms with van der Waals surface area (Å²) in [6, 6.07) is 14.2. The van der Waals surface area contributed by atoms with Gasteiger partial charge in [0.25, 0.3) is 0 Å². The van der Waals surface area contributed by atoms with Crippen molar-refractivity contribution in [2.75, 3.05) is 26.8 Å². The monoisotopic (exact) mass is 461 g/mol. The Morgan fingerprint density at radius 1 is 1.22 bits per heavy atom. The molecule has 3 rings (SSSR count). The molecule has 1 aromatic heterocycles. The van der Waals surface area contributed by atoms with E-state index in [1.54, 1.807) is 13.3 Å². The number of aromatic nitrogens is 1. The third kappa shape index (κ3) is 8.08. The lowest BCUT2D eigenvalue weighted by atomic mass is 9.88. The van der Waals surface area contributed by atoms with Gasteiger partial charge in [0.2, 0.25) is 5.91 Å². The molecule has 1 aromatic carbocycles. The van der Waals surface area contributed by atoms with Crippen molar-refractivity contribution >= 4 is 18.3 Å². The molecule has 2 heterocycles. The lowest BCUT2D eigenvalue weighted by Crippen LogP contribution is -2.43. The number of benzene rings is 1. The van der Waals surface area contributed by atoms with E-state index in [0.29, 0.717) is 18.9 Å². The maximum atomic E-state index is 12.5. The third-order valence-corrected chi connectivity index (χ3v) is 5.57. The number of hydrogen-bond acceptors (Lipinski definition) is 5. The van der Waals surface area contributed by atoms with E-state index in [0.717, 1.165) is 43.9 Å². The largest absolute Gasteiger partial charge is 0.491 e. The van der Waals surface area contributed by atoms with Crippen molar-refractivity contribution in [1.82, 2.24) is 15.2 Å². The number of likely N-dealkylation sites (tertiary alicyclic amines) is 1. The van der Waals surface area contributed by atoms with Crippen molar-refractivity contribution in [3.63, 3.8) is 0 Å². The molecule has 2 atom stereocenters. The maximum Gasteiger partial charge on any atom is 0.222 e. The Morgan fingerprint density at radius 2 is 2.00 bits per heavy atom. The molecule has 1 saturated heterocycles. The Hall–Kier alpha value is -2.15. The summed E-state index contributed by atoms with van der Waals surface area (Å²) in [6.45, 7) is 7.38. The third-order valence-electron chi connectivity index (χ3n) is 5.57. The van der Waals surface area contributed by atoms with Crippen molar-refractivity contribution in [3.05, 3.63) is 59.9 Å². The van der Waals surface area contributed by atoms with Crippen molar-refractivity contribution in [1.29, 1.82) is 0 Å². The second kappa shape index (κ2) is 13.4. The average Bonchev–Trinajstić information content (AvgIpc) is 2.78. The van der Waals surface area contributed by atoms with Gasteiger partial charge in [-0.1, -0.05) is 18.2 Å². The average molecular weight is 462 g/mol.